The van der Waals surface area contributed by atoms with Crippen molar-refractivity contribution in [3.63, 3.8) is 0 Å². The van der Waals surface area contributed by atoms with Crippen LogP contribution in [0.1, 0.15) is 5.82 Å². The highest BCUT2D eigenvalue weighted by Crippen LogP contribution is 2.15. The minimum atomic E-state index is -0.956. The molecule has 1 aromatic heterocycles. The van der Waals surface area contributed by atoms with Crippen molar-refractivity contribution >= 4 is 11.7 Å². The Bertz CT molecular complexity index is 987. The van der Waals surface area contributed by atoms with Gasteiger partial charge in [-0.05, 0) is 34.7 Å². The fraction of sp³-hybridized carbons (Fsp3) is 0.263. The number of rotatable bonds is 4. The molecule has 2 heterocycles. The van der Waals surface area contributed by atoms with Crippen LogP contribution in [0.2, 0.25) is 0 Å². The highest BCUT2D eigenvalue weighted by molar-refractivity contribution is 5.89. The van der Waals surface area contributed by atoms with E-state index in [1.165, 1.54) is 10.7 Å². The van der Waals surface area contributed by atoms with E-state index < -0.39 is 11.6 Å². The molecule has 0 atom stereocenters. The molecule has 1 fully saturated rings. The molecule has 1 saturated heterocycles. The Hall–Kier alpha value is -3.40. The summed E-state index contributed by atoms with van der Waals surface area (Å²) in [7, 11) is 0. The number of aromatic nitrogens is 4. The second kappa shape index (κ2) is 8.31. The number of nitrogens with zero attached hydrogens (tertiary/aromatic N) is 6. The van der Waals surface area contributed by atoms with Crippen LogP contribution in [0.25, 0.3) is 5.69 Å². The molecule has 0 radical (unpaired) electrons. The molecule has 4 rings (SSSR count). The van der Waals surface area contributed by atoms with Gasteiger partial charge in [-0.15, -0.1) is 5.10 Å². The normalized spacial score (nSPS) is 14.8. The van der Waals surface area contributed by atoms with Crippen LogP contribution in [0, 0.1) is 11.6 Å². The number of carbonyl (C=O) groups is 1. The van der Waals surface area contributed by atoms with E-state index in [9.17, 15) is 13.6 Å². The molecule has 1 aliphatic rings. The van der Waals surface area contributed by atoms with Crippen LogP contribution < -0.4 is 5.32 Å². The lowest BCUT2D eigenvalue weighted by atomic mass is 10.3. The first-order valence-corrected chi connectivity index (χ1v) is 9.16. The van der Waals surface area contributed by atoms with Crippen molar-refractivity contribution < 1.29 is 13.6 Å². The zero-order valence-electron chi connectivity index (χ0n) is 15.5. The molecule has 3 aromatic rings. The summed E-state index contributed by atoms with van der Waals surface area (Å²) in [5.74, 6) is -1.37. The molecule has 0 spiro atoms. The fourth-order valence-electron chi connectivity index (χ4n) is 3.15. The van der Waals surface area contributed by atoms with Crippen molar-refractivity contribution in [2.75, 3.05) is 31.5 Å². The number of urea groups is 1. The lowest BCUT2D eigenvalue weighted by Crippen LogP contribution is -2.49. The molecule has 1 N–H and O–H groups in total. The van der Waals surface area contributed by atoms with Crippen LogP contribution >= 0.6 is 0 Å². The SMILES string of the molecule is O=C(Nc1ccccc1)N1CCN(Cc2nnnn2-c2ccc(F)c(F)c2)CC1. The Kier molecular flexibility index (Phi) is 5.43. The third kappa shape index (κ3) is 4.37. The first-order chi connectivity index (χ1) is 14.1. The standard InChI is InChI=1S/C19H19F2N7O/c20-16-7-6-15(12-17(16)21)28-18(23-24-25-28)13-26-8-10-27(11-9-26)19(29)22-14-4-2-1-3-5-14/h1-7,12H,8-11,13H2,(H,22,29). The van der Waals surface area contributed by atoms with Crippen LogP contribution in [0.5, 0.6) is 0 Å². The van der Waals surface area contributed by atoms with E-state index in [1.54, 1.807) is 4.90 Å². The van der Waals surface area contributed by atoms with E-state index in [0.29, 0.717) is 44.2 Å². The maximum Gasteiger partial charge on any atom is 0.321 e. The van der Waals surface area contributed by atoms with Crippen molar-refractivity contribution in [2.45, 2.75) is 6.54 Å². The fourth-order valence-corrected chi connectivity index (χ4v) is 3.15. The van der Waals surface area contributed by atoms with Crippen molar-refractivity contribution in [1.29, 1.82) is 0 Å². The molecule has 29 heavy (non-hydrogen) atoms. The number of piperazine rings is 1. The number of nitrogens with one attached hydrogen (secondary N) is 1. The molecule has 1 aliphatic heterocycles. The van der Waals surface area contributed by atoms with Gasteiger partial charge in [0, 0.05) is 37.9 Å². The summed E-state index contributed by atoms with van der Waals surface area (Å²) in [6, 6.07) is 12.7. The smallest absolute Gasteiger partial charge is 0.321 e. The first-order valence-electron chi connectivity index (χ1n) is 9.16. The van der Waals surface area contributed by atoms with Crippen molar-refractivity contribution in [3.8, 4) is 5.69 Å². The van der Waals surface area contributed by atoms with Gasteiger partial charge in [0.1, 0.15) is 0 Å². The van der Waals surface area contributed by atoms with E-state index >= 15 is 0 Å². The average Bonchev–Trinajstić information content (AvgIpc) is 3.19. The van der Waals surface area contributed by atoms with Gasteiger partial charge in [0.2, 0.25) is 0 Å². The Morgan fingerprint density at radius 3 is 2.48 bits per heavy atom. The number of tetrazole rings is 1. The molecule has 8 nitrogen and oxygen atoms in total. The van der Waals surface area contributed by atoms with Crippen molar-refractivity contribution in [2.24, 2.45) is 0 Å². The number of anilines is 1. The summed E-state index contributed by atoms with van der Waals surface area (Å²) in [5.41, 5.74) is 1.11. The summed E-state index contributed by atoms with van der Waals surface area (Å²) in [6.45, 7) is 2.84. The zero-order valence-corrected chi connectivity index (χ0v) is 15.5. The average molecular weight is 399 g/mol. The minimum Gasteiger partial charge on any atom is -0.322 e. The molecule has 150 valence electrons. The molecule has 2 amide bonds. The van der Waals surface area contributed by atoms with E-state index in [2.05, 4.69) is 25.7 Å². The van der Waals surface area contributed by atoms with Crippen LogP contribution in [0.3, 0.4) is 0 Å². The number of halogens is 2. The number of carbonyl (C=O) groups excluding carboxylic acids is 1. The maximum atomic E-state index is 13.5. The van der Waals surface area contributed by atoms with Gasteiger partial charge in [-0.1, -0.05) is 18.2 Å². The Labute approximate surface area is 165 Å². The largest absolute Gasteiger partial charge is 0.322 e. The van der Waals surface area contributed by atoms with Gasteiger partial charge in [-0.3, -0.25) is 4.90 Å². The number of hydrogen-bond acceptors (Lipinski definition) is 5. The maximum absolute atomic E-state index is 13.5. The highest BCUT2D eigenvalue weighted by atomic mass is 19.2. The van der Waals surface area contributed by atoms with Crippen LogP contribution in [-0.4, -0.2) is 62.2 Å². The van der Waals surface area contributed by atoms with Gasteiger partial charge in [0.25, 0.3) is 0 Å². The van der Waals surface area contributed by atoms with Crippen LogP contribution in [-0.2, 0) is 6.54 Å². The molecule has 0 bridgehead atoms. The van der Waals surface area contributed by atoms with Gasteiger partial charge < -0.3 is 10.2 Å². The molecule has 0 saturated carbocycles. The molecular weight excluding hydrogens is 380 g/mol. The minimum absolute atomic E-state index is 0.137. The van der Waals surface area contributed by atoms with Gasteiger partial charge >= 0.3 is 6.03 Å². The number of hydrogen-bond donors (Lipinski definition) is 1. The summed E-state index contributed by atoms with van der Waals surface area (Å²) in [5, 5.41) is 14.4. The Morgan fingerprint density at radius 2 is 1.76 bits per heavy atom. The molecular formula is C19H19F2N7O. The molecule has 10 heteroatoms. The van der Waals surface area contributed by atoms with Crippen LogP contribution in [0.15, 0.2) is 48.5 Å². The third-order valence-electron chi connectivity index (χ3n) is 4.73. The van der Waals surface area contributed by atoms with E-state index in [1.807, 2.05) is 30.3 Å². The van der Waals surface area contributed by atoms with Gasteiger partial charge in [-0.25, -0.2) is 13.6 Å². The predicted molar refractivity (Wildman–Crippen MR) is 101 cm³/mol. The Morgan fingerprint density at radius 1 is 1.00 bits per heavy atom. The number of para-hydroxylation sites is 1. The zero-order chi connectivity index (χ0) is 20.2. The van der Waals surface area contributed by atoms with Crippen molar-refractivity contribution in [1.82, 2.24) is 30.0 Å². The summed E-state index contributed by atoms with van der Waals surface area (Å²) in [6.07, 6.45) is 0. The summed E-state index contributed by atoms with van der Waals surface area (Å²) in [4.78, 5) is 16.2. The second-order valence-electron chi connectivity index (χ2n) is 6.66. The third-order valence-corrected chi connectivity index (χ3v) is 4.73. The quantitative estimate of drug-likeness (QED) is 0.728. The lowest BCUT2D eigenvalue weighted by molar-refractivity contribution is 0.140. The highest BCUT2D eigenvalue weighted by Gasteiger charge is 2.23. The molecule has 2 aromatic carbocycles. The van der Waals surface area contributed by atoms with E-state index in [4.69, 9.17) is 0 Å². The van der Waals surface area contributed by atoms with Crippen LogP contribution in [0.4, 0.5) is 19.3 Å². The van der Waals surface area contributed by atoms with E-state index in [0.717, 1.165) is 17.8 Å². The summed E-state index contributed by atoms with van der Waals surface area (Å²) < 4.78 is 28.1. The lowest BCUT2D eigenvalue weighted by Gasteiger charge is -2.34. The predicted octanol–water partition coefficient (Wildman–Crippen LogP) is 2.29. The summed E-state index contributed by atoms with van der Waals surface area (Å²) >= 11 is 0. The number of benzene rings is 2. The number of amides is 2. The second-order valence-corrected chi connectivity index (χ2v) is 6.66. The monoisotopic (exact) mass is 399 g/mol. The van der Waals surface area contributed by atoms with Gasteiger partial charge in [-0.2, -0.15) is 4.68 Å². The molecule has 0 unspecified atom stereocenters. The van der Waals surface area contributed by atoms with Crippen molar-refractivity contribution in [3.05, 3.63) is 66.0 Å². The van der Waals surface area contributed by atoms with Gasteiger partial charge in [0.05, 0.1) is 12.2 Å². The van der Waals surface area contributed by atoms with E-state index in [-0.39, 0.29) is 6.03 Å². The molecule has 0 aliphatic carbocycles. The Balaban J connectivity index is 1.35. The van der Waals surface area contributed by atoms with Gasteiger partial charge in [0.15, 0.2) is 17.5 Å². The topological polar surface area (TPSA) is 79.2 Å². The first kappa shape index (κ1) is 18.9.